The zero-order chi connectivity index (χ0) is 18.7. The molecule has 1 aromatic heterocycles. The number of aromatic nitrogens is 3. The molecule has 0 bridgehead atoms. The number of nitrogens with one attached hydrogen (secondary N) is 2. The zero-order valence-electron chi connectivity index (χ0n) is 14.9. The van der Waals surface area contributed by atoms with Gasteiger partial charge in [-0.2, -0.15) is 5.10 Å². The molecule has 1 atom stereocenters. The Morgan fingerprint density at radius 2 is 2.12 bits per heavy atom. The predicted octanol–water partition coefficient (Wildman–Crippen LogP) is 1.54. The summed E-state index contributed by atoms with van der Waals surface area (Å²) in [7, 11) is 0. The number of aromatic amines is 1. The van der Waals surface area contributed by atoms with Crippen LogP contribution in [0.4, 0.5) is 5.69 Å². The minimum atomic E-state index is -0.459. The van der Waals surface area contributed by atoms with E-state index in [-0.39, 0.29) is 23.4 Å². The van der Waals surface area contributed by atoms with Crippen LogP contribution in [0.5, 0.6) is 0 Å². The van der Waals surface area contributed by atoms with Gasteiger partial charge in [-0.1, -0.05) is 19.9 Å². The van der Waals surface area contributed by atoms with Gasteiger partial charge in [-0.3, -0.25) is 9.59 Å². The summed E-state index contributed by atoms with van der Waals surface area (Å²) in [5.41, 5.74) is 0.817. The van der Waals surface area contributed by atoms with Crippen molar-refractivity contribution in [2.24, 2.45) is 5.92 Å². The smallest absolute Gasteiger partial charge is 0.330 e. The van der Waals surface area contributed by atoms with Crippen LogP contribution in [0.25, 0.3) is 5.69 Å². The highest BCUT2D eigenvalue weighted by Crippen LogP contribution is 2.21. The van der Waals surface area contributed by atoms with Crippen LogP contribution in [-0.4, -0.2) is 44.1 Å². The lowest BCUT2D eigenvalue weighted by Gasteiger charge is -2.35. The van der Waals surface area contributed by atoms with Crippen molar-refractivity contribution in [3.8, 4) is 5.69 Å². The number of nitrogens with zero attached hydrogens (tertiary/aromatic N) is 3. The first kappa shape index (κ1) is 17.9. The molecule has 1 aliphatic heterocycles. The molecule has 0 aliphatic carbocycles. The first-order valence-electron chi connectivity index (χ1n) is 8.81. The first-order chi connectivity index (χ1) is 12.5. The standard InChI is InChI=1S/C18H23N5O3/c1-12(2)17(25)22-9-4-3-8-15(22)16(24)20-13-6-5-7-14(10-13)23-11-19-21-18(23)26/h5-7,10-12,15H,3-4,8-9H2,1-2H3,(H,20,24)(H,21,26). The summed E-state index contributed by atoms with van der Waals surface area (Å²) in [6, 6.07) is 6.50. The number of hydrogen-bond acceptors (Lipinski definition) is 4. The molecule has 8 nitrogen and oxygen atoms in total. The normalized spacial score (nSPS) is 17.3. The number of benzene rings is 1. The monoisotopic (exact) mass is 357 g/mol. The second kappa shape index (κ2) is 7.55. The zero-order valence-corrected chi connectivity index (χ0v) is 14.9. The Labute approximate surface area is 151 Å². The number of carbonyl (C=O) groups excluding carboxylic acids is 2. The molecule has 2 amide bonds. The van der Waals surface area contributed by atoms with Gasteiger partial charge in [0.05, 0.1) is 5.69 Å². The average molecular weight is 357 g/mol. The van der Waals surface area contributed by atoms with Gasteiger partial charge < -0.3 is 10.2 Å². The predicted molar refractivity (Wildman–Crippen MR) is 97.0 cm³/mol. The number of hydrogen-bond donors (Lipinski definition) is 2. The van der Waals surface area contributed by atoms with Gasteiger partial charge in [0.25, 0.3) is 0 Å². The van der Waals surface area contributed by atoms with Crippen LogP contribution < -0.4 is 11.0 Å². The van der Waals surface area contributed by atoms with Gasteiger partial charge >= 0.3 is 5.69 Å². The van der Waals surface area contributed by atoms with E-state index in [4.69, 9.17) is 0 Å². The van der Waals surface area contributed by atoms with Gasteiger partial charge in [0.1, 0.15) is 12.4 Å². The van der Waals surface area contributed by atoms with Gasteiger partial charge in [0.15, 0.2) is 0 Å². The lowest BCUT2D eigenvalue weighted by Crippen LogP contribution is -2.51. The summed E-state index contributed by atoms with van der Waals surface area (Å²) >= 11 is 0. The lowest BCUT2D eigenvalue weighted by atomic mass is 9.99. The van der Waals surface area contributed by atoms with E-state index >= 15 is 0 Å². The summed E-state index contributed by atoms with van der Waals surface area (Å²) in [5, 5.41) is 8.91. The summed E-state index contributed by atoms with van der Waals surface area (Å²) in [6.07, 6.45) is 3.88. The second-order valence-corrected chi connectivity index (χ2v) is 6.77. The number of anilines is 1. The third-order valence-electron chi connectivity index (χ3n) is 4.53. The highest BCUT2D eigenvalue weighted by molar-refractivity contribution is 5.97. The minimum Gasteiger partial charge on any atom is -0.330 e. The van der Waals surface area contributed by atoms with Crippen molar-refractivity contribution in [2.45, 2.75) is 39.2 Å². The van der Waals surface area contributed by atoms with Crippen LogP contribution in [0.15, 0.2) is 35.4 Å². The molecule has 138 valence electrons. The van der Waals surface area contributed by atoms with Gasteiger partial charge in [-0.15, -0.1) is 0 Å². The Morgan fingerprint density at radius 1 is 1.31 bits per heavy atom. The highest BCUT2D eigenvalue weighted by Gasteiger charge is 2.33. The molecule has 0 spiro atoms. The lowest BCUT2D eigenvalue weighted by molar-refractivity contribution is -0.142. The number of carbonyl (C=O) groups is 2. The molecule has 1 saturated heterocycles. The van der Waals surface area contributed by atoms with E-state index in [1.807, 2.05) is 13.8 Å². The average Bonchev–Trinajstić information content (AvgIpc) is 3.07. The Kier molecular flexibility index (Phi) is 5.20. The van der Waals surface area contributed by atoms with E-state index in [1.165, 1.54) is 10.9 Å². The number of rotatable bonds is 4. The van der Waals surface area contributed by atoms with Crippen LogP contribution in [-0.2, 0) is 9.59 Å². The van der Waals surface area contributed by atoms with Crippen molar-refractivity contribution >= 4 is 17.5 Å². The molecule has 2 heterocycles. The molecule has 3 rings (SSSR count). The summed E-state index contributed by atoms with van der Waals surface area (Å²) in [6.45, 7) is 4.30. The van der Waals surface area contributed by atoms with Crippen LogP contribution >= 0.6 is 0 Å². The van der Waals surface area contributed by atoms with E-state index in [0.29, 0.717) is 24.3 Å². The first-order valence-corrected chi connectivity index (χ1v) is 8.81. The SMILES string of the molecule is CC(C)C(=O)N1CCCCC1C(=O)Nc1cccc(-n2cn[nH]c2=O)c1. The van der Waals surface area contributed by atoms with Gasteiger partial charge in [0, 0.05) is 18.2 Å². The van der Waals surface area contributed by atoms with E-state index < -0.39 is 6.04 Å². The van der Waals surface area contributed by atoms with Crippen molar-refractivity contribution in [2.75, 3.05) is 11.9 Å². The van der Waals surface area contributed by atoms with E-state index in [0.717, 1.165) is 12.8 Å². The van der Waals surface area contributed by atoms with Gasteiger partial charge in [-0.25, -0.2) is 14.5 Å². The van der Waals surface area contributed by atoms with E-state index in [9.17, 15) is 14.4 Å². The van der Waals surface area contributed by atoms with Gasteiger partial charge in [0.2, 0.25) is 11.8 Å². The molecule has 1 aromatic carbocycles. The fraction of sp³-hybridized carbons (Fsp3) is 0.444. The maximum Gasteiger partial charge on any atom is 0.347 e. The van der Waals surface area contributed by atoms with Crippen LogP contribution in [0, 0.1) is 5.92 Å². The molecule has 1 unspecified atom stereocenters. The van der Waals surface area contributed by atoms with Crippen LogP contribution in [0.3, 0.4) is 0 Å². The molecule has 26 heavy (non-hydrogen) atoms. The van der Waals surface area contributed by atoms with Crippen molar-refractivity contribution in [1.29, 1.82) is 0 Å². The largest absolute Gasteiger partial charge is 0.347 e. The minimum absolute atomic E-state index is 0.00329. The molecular weight excluding hydrogens is 334 g/mol. The van der Waals surface area contributed by atoms with E-state index in [1.54, 1.807) is 29.2 Å². The van der Waals surface area contributed by atoms with Crippen molar-refractivity contribution in [3.63, 3.8) is 0 Å². The number of likely N-dealkylation sites (tertiary alicyclic amines) is 1. The van der Waals surface area contributed by atoms with E-state index in [2.05, 4.69) is 15.5 Å². The molecule has 2 aromatic rings. The molecular formula is C18H23N5O3. The Hall–Kier alpha value is -2.90. The van der Waals surface area contributed by atoms with Crippen LogP contribution in [0.1, 0.15) is 33.1 Å². The molecule has 8 heteroatoms. The Balaban J connectivity index is 1.78. The van der Waals surface area contributed by atoms with Crippen molar-refractivity contribution < 1.29 is 9.59 Å². The highest BCUT2D eigenvalue weighted by atomic mass is 16.2. The number of H-pyrrole nitrogens is 1. The van der Waals surface area contributed by atoms with Crippen LogP contribution in [0.2, 0.25) is 0 Å². The fourth-order valence-electron chi connectivity index (χ4n) is 3.19. The fourth-order valence-corrected chi connectivity index (χ4v) is 3.19. The third-order valence-corrected chi connectivity index (χ3v) is 4.53. The summed E-state index contributed by atoms with van der Waals surface area (Å²) < 4.78 is 1.35. The maximum atomic E-state index is 12.8. The second-order valence-electron chi connectivity index (χ2n) is 6.77. The van der Waals surface area contributed by atoms with Crippen molar-refractivity contribution in [1.82, 2.24) is 19.7 Å². The topological polar surface area (TPSA) is 100 Å². The number of amides is 2. The molecule has 0 saturated carbocycles. The molecule has 0 radical (unpaired) electrons. The third kappa shape index (κ3) is 3.68. The Bertz CT molecular complexity index is 854. The van der Waals surface area contributed by atoms with Crippen molar-refractivity contribution in [3.05, 3.63) is 41.1 Å². The van der Waals surface area contributed by atoms with Gasteiger partial charge in [-0.05, 0) is 37.5 Å². The molecule has 1 aliphatic rings. The molecule has 1 fully saturated rings. The summed E-state index contributed by atoms with van der Waals surface area (Å²) in [5.74, 6) is -0.335. The maximum absolute atomic E-state index is 12.8. The Morgan fingerprint density at radius 3 is 2.81 bits per heavy atom. The molecule has 2 N–H and O–H groups in total. The number of piperidine rings is 1. The summed E-state index contributed by atoms with van der Waals surface area (Å²) in [4.78, 5) is 38.6. The quantitative estimate of drug-likeness (QED) is 0.867.